The van der Waals surface area contributed by atoms with Gasteiger partial charge < -0.3 is 15.0 Å². The van der Waals surface area contributed by atoms with Crippen molar-refractivity contribution in [1.29, 1.82) is 0 Å². The van der Waals surface area contributed by atoms with Gasteiger partial charge in [0.25, 0.3) is 11.8 Å². The van der Waals surface area contributed by atoms with Gasteiger partial charge in [0.15, 0.2) is 0 Å². The fourth-order valence-electron chi connectivity index (χ4n) is 3.80. The van der Waals surface area contributed by atoms with E-state index in [9.17, 15) is 9.59 Å². The van der Waals surface area contributed by atoms with Crippen molar-refractivity contribution in [1.82, 2.24) is 20.1 Å². The number of rotatable bonds is 5. The highest BCUT2D eigenvalue weighted by Gasteiger charge is 2.34. The molecule has 172 valence electrons. The number of carbonyl (C=O) groups excluding carboxylic acids is 2. The summed E-state index contributed by atoms with van der Waals surface area (Å²) in [5, 5.41) is 7.98. The minimum atomic E-state index is -0.330. The maximum atomic E-state index is 13.3. The summed E-state index contributed by atoms with van der Waals surface area (Å²) in [5.41, 5.74) is 2.08. The molecule has 0 fully saturated rings. The fourth-order valence-corrected chi connectivity index (χ4v) is 4.24. The van der Waals surface area contributed by atoms with E-state index in [1.165, 1.54) is 6.20 Å². The molecule has 1 aliphatic rings. The number of aromatic nitrogens is 3. The number of halogens is 2. The van der Waals surface area contributed by atoms with Crippen LogP contribution in [-0.4, -0.2) is 39.2 Å². The third kappa shape index (κ3) is 4.67. The Labute approximate surface area is 201 Å². The molecule has 0 bridgehead atoms. The SMILES string of the molecule is CC(C)Oc1ncc(C(=O)N2CCC(NC(=O)c3ccccc3Cl)c3c2cnn3C)cc1Cl. The maximum absolute atomic E-state index is 13.3. The maximum Gasteiger partial charge on any atom is 0.259 e. The van der Waals surface area contributed by atoms with Crippen molar-refractivity contribution >= 4 is 40.7 Å². The molecule has 0 saturated carbocycles. The lowest BCUT2D eigenvalue weighted by molar-refractivity contribution is 0.0931. The van der Waals surface area contributed by atoms with Crippen LogP contribution in [-0.2, 0) is 7.05 Å². The van der Waals surface area contributed by atoms with Gasteiger partial charge in [-0.25, -0.2) is 4.98 Å². The molecule has 0 aliphatic carbocycles. The van der Waals surface area contributed by atoms with Crippen molar-refractivity contribution < 1.29 is 14.3 Å². The van der Waals surface area contributed by atoms with Crippen LogP contribution < -0.4 is 15.0 Å². The third-order valence-corrected chi connectivity index (χ3v) is 5.90. The normalized spacial score (nSPS) is 15.3. The second kappa shape index (κ2) is 9.41. The first-order valence-corrected chi connectivity index (χ1v) is 11.2. The quantitative estimate of drug-likeness (QED) is 0.574. The van der Waals surface area contributed by atoms with E-state index in [2.05, 4.69) is 15.4 Å². The molecule has 1 unspecified atom stereocenters. The average Bonchev–Trinajstić information content (AvgIpc) is 3.17. The van der Waals surface area contributed by atoms with Crippen LogP contribution in [0.2, 0.25) is 10.0 Å². The van der Waals surface area contributed by atoms with Gasteiger partial charge in [-0.3, -0.25) is 14.3 Å². The summed E-state index contributed by atoms with van der Waals surface area (Å²) in [4.78, 5) is 31.9. The molecule has 0 spiro atoms. The van der Waals surface area contributed by atoms with Crippen LogP contribution in [0, 0.1) is 0 Å². The zero-order chi connectivity index (χ0) is 23.7. The Morgan fingerprint density at radius 2 is 1.94 bits per heavy atom. The number of amides is 2. The Kier molecular flexibility index (Phi) is 6.58. The third-order valence-electron chi connectivity index (χ3n) is 5.30. The molecule has 2 amide bonds. The van der Waals surface area contributed by atoms with Gasteiger partial charge in [-0.05, 0) is 38.5 Å². The number of aryl methyl sites for hydroxylation is 1. The Balaban J connectivity index is 1.58. The predicted octanol–water partition coefficient (Wildman–Crippen LogP) is 4.43. The number of carbonyl (C=O) groups is 2. The number of pyridine rings is 1. The highest BCUT2D eigenvalue weighted by atomic mass is 35.5. The monoisotopic (exact) mass is 487 g/mol. The van der Waals surface area contributed by atoms with Gasteiger partial charge >= 0.3 is 0 Å². The van der Waals surface area contributed by atoms with Crippen LogP contribution in [0.4, 0.5) is 5.69 Å². The minimum absolute atomic E-state index is 0.0884. The van der Waals surface area contributed by atoms with Gasteiger partial charge in [-0.2, -0.15) is 5.10 Å². The zero-order valence-corrected chi connectivity index (χ0v) is 19.9. The zero-order valence-electron chi connectivity index (χ0n) is 18.4. The number of ether oxygens (including phenoxy) is 1. The van der Waals surface area contributed by atoms with E-state index in [1.807, 2.05) is 13.8 Å². The molecule has 0 radical (unpaired) electrons. The Bertz CT molecular complexity index is 1210. The Morgan fingerprint density at radius 3 is 2.64 bits per heavy atom. The highest BCUT2D eigenvalue weighted by molar-refractivity contribution is 6.33. The highest BCUT2D eigenvalue weighted by Crippen LogP contribution is 2.35. The molecule has 1 aromatic carbocycles. The Morgan fingerprint density at radius 1 is 1.18 bits per heavy atom. The molecule has 1 N–H and O–H groups in total. The van der Waals surface area contributed by atoms with Crippen molar-refractivity contribution in [3.05, 3.63) is 69.6 Å². The first-order chi connectivity index (χ1) is 15.8. The van der Waals surface area contributed by atoms with Crippen LogP contribution in [0.3, 0.4) is 0 Å². The van der Waals surface area contributed by atoms with Gasteiger partial charge in [0.1, 0.15) is 5.02 Å². The summed E-state index contributed by atoms with van der Waals surface area (Å²) in [6.45, 7) is 4.12. The summed E-state index contributed by atoms with van der Waals surface area (Å²) in [7, 11) is 1.78. The van der Waals surface area contributed by atoms with Crippen LogP contribution in [0.1, 0.15) is 52.7 Å². The molecule has 33 heavy (non-hydrogen) atoms. The number of hydrogen-bond donors (Lipinski definition) is 1. The lowest BCUT2D eigenvalue weighted by Crippen LogP contribution is -2.41. The van der Waals surface area contributed by atoms with Crippen molar-refractivity contribution in [2.75, 3.05) is 11.4 Å². The minimum Gasteiger partial charge on any atom is -0.474 e. The summed E-state index contributed by atoms with van der Waals surface area (Å²) in [5.74, 6) is -0.258. The van der Waals surface area contributed by atoms with Gasteiger partial charge in [0, 0.05) is 19.8 Å². The molecule has 0 saturated heterocycles. The second-order valence-corrected chi connectivity index (χ2v) is 8.78. The molecule has 1 aliphatic heterocycles. The topological polar surface area (TPSA) is 89.3 Å². The first-order valence-electron chi connectivity index (χ1n) is 10.5. The van der Waals surface area contributed by atoms with E-state index < -0.39 is 0 Å². The molecule has 2 aromatic heterocycles. The van der Waals surface area contributed by atoms with Gasteiger partial charge in [-0.15, -0.1) is 0 Å². The predicted molar refractivity (Wildman–Crippen MR) is 126 cm³/mol. The van der Waals surface area contributed by atoms with Crippen LogP contribution in [0.5, 0.6) is 5.88 Å². The molecule has 1 atom stereocenters. The molecule has 4 rings (SSSR count). The standard InChI is InChI=1S/C23H23Cl2N5O3/c1-13(2)33-22-17(25)10-14(11-26-22)23(32)30-9-8-18(20-19(30)12-27-29(20)3)28-21(31)15-6-4-5-7-16(15)24/h4-7,10-13,18H,8-9H2,1-3H3,(H,28,31). The average molecular weight is 488 g/mol. The Hall–Kier alpha value is -3.10. The number of benzene rings is 1. The molecule has 3 aromatic rings. The molecule has 10 heteroatoms. The van der Waals surface area contributed by atoms with E-state index in [4.69, 9.17) is 27.9 Å². The molecule has 8 nitrogen and oxygen atoms in total. The van der Waals surface area contributed by atoms with E-state index in [1.54, 1.807) is 53.2 Å². The van der Waals surface area contributed by atoms with Crippen molar-refractivity contribution in [2.24, 2.45) is 7.05 Å². The molecule has 3 heterocycles. The summed E-state index contributed by atoms with van der Waals surface area (Å²) < 4.78 is 7.21. The number of anilines is 1. The van der Waals surface area contributed by atoms with Crippen LogP contribution in [0.25, 0.3) is 0 Å². The summed E-state index contributed by atoms with van der Waals surface area (Å²) in [6, 6.07) is 8.09. The molecular formula is C23H23Cl2N5O3. The van der Waals surface area contributed by atoms with Gasteiger partial charge in [0.05, 0.1) is 45.9 Å². The lowest BCUT2D eigenvalue weighted by Gasteiger charge is -2.32. The van der Waals surface area contributed by atoms with Crippen molar-refractivity contribution in [3.63, 3.8) is 0 Å². The van der Waals surface area contributed by atoms with E-state index in [0.29, 0.717) is 34.8 Å². The van der Waals surface area contributed by atoms with Crippen molar-refractivity contribution in [3.8, 4) is 5.88 Å². The molecular weight excluding hydrogens is 465 g/mol. The van der Waals surface area contributed by atoms with E-state index >= 15 is 0 Å². The van der Waals surface area contributed by atoms with E-state index in [-0.39, 0.29) is 34.9 Å². The van der Waals surface area contributed by atoms with Crippen LogP contribution in [0.15, 0.2) is 42.7 Å². The number of hydrogen-bond acceptors (Lipinski definition) is 5. The van der Waals surface area contributed by atoms with Crippen molar-refractivity contribution in [2.45, 2.75) is 32.4 Å². The van der Waals surface area contributed by atoms with Gasteiger partial charge in [0.2, 0.25) is 5.88 Å². The summed E-state index contributed by atoms with van der Waals surface area (Å²) in [6.07, 6.45) is 3.48. The van der Waals surface area contributed by atoms with Crippen LogP contribution >= 0.6 is 23.2 Å². The second-order valence-electron chi connectivity index (χ2n) is 7.97. The number of nitrogens with one attached hydrogen (secondary N) is 1. The van der Waals surface area contributed by atoms with E-state index in [0.717, 1.165) is 5.69 Å². The number of nitrogens with zero attached hydrogens (tertiary/aromatic N) is 4. The lowest BCUT2D eigenvalue weighted by atomic mass is 10.0. The smallest absolute Gasteiger partial charge is 0.259 e. The number of fused-ring (bicyclic) bond motifs is 1. The summed E-state index contributed by atoms with van der Waals surface area (Å²) >= 11 is 12.5. The van der Waals surface area contributed by atoms with Gasteiger partial charge in [-0.1, -0.05) is 35.3 Å². The fraction of sp³-hybridized carbons (Fsp3) is 0.304. The largest absolute Gasteiger partial charge is 0.474 e. The first kappa shape index (κ1) is 23.1.